The second-order valence-corrected chi connectivity index (χ2v) is 4.90. The van der Waals surface area contributed by atoms with Gasteiger partial charge in [-0.05, 0) is 23.6 Å². The molecule has 0 unspecified atom stereocenters. The van der Waals surface area contributed by atoms with Gasteiger partial charge in [-0.2, -0.15) is 0 Å². The summed E-state index contributed by atoms with van der Waals surface area (Å²) in [5, 5.41) is 0. The molecule has 0 saturated carbocycles. The van der Waals surface area contributed by atoms with E-state index in [0.717, 1.165) is 0 Å². The predicted octanol–water partition coefficient (Wildman–Crippen LogP) is 3.73. The van der Waals surface area contributed by atoms with E-state index < -0.39 is 6.09 Å². The van der Waals surface area contributed by atoms with Gasteiger partial charge < -0.3 is 15.2 Å². The Kier molecular flexibility index (Phi) is 9.15. The molecule has 2 aromatic rings. The first-order chi connectivity index (χ1) is 12.1. The summed E-state index contributed by atoms with van der Waals surface area (Å²) in [4.78, 5) is 20.6. The van der Waals surface area contributed by atoms with Crippen molar-refractivity contribution in [3.8, 4) is 11.1 Å². The van der Waals surface area contributed by atoms with Crippen LogP contribution in [0, 0.1) is 0 Å². The van der Waals surface area contributed by atoms with Crippen molar-refractivity contribution in [3.63, 3.8) is 0 Å². The van der Waals surface area contributed by atoms with Gasteiger partial charge in [0.1, 0.15) is 0 Å². The van der Waals surface area contributed by atoms with Crippen LogP contribution in [-0.2, 0) is 20.7 Å². The molecular weight excluding hydrogens is 318 g/mol. The summed E-state index contributed by atoms with van der Waals surface area (Å²) in [6.45, 7) is 5.80. The van der Waals surface area contributed by atoms with Crippen LogP contribution in [0.3, 0.4) is 0 Å². The van der Waals surface area contributed by atoms with Crippen LogP contribution < -0.4 is 5.73 Å². The van der Waals surface area contributed by atoms with E-state index in [1.165, 1.54) is 22.8 Å². The van der Waals surface area contributed by atoms with Crippen molar-refractivity contribution in [3.05, 3.63) is 72.8 Å². The van der Waals surface area contributed by atoms with Gasteiger partial charge in [0.2, 0.25) is 0 Å². The fourth-order valence-electron chi connectivity index (χ4n) is 2.10. The van der Waals surface area contributed by atoms with Gasteiger partial charge in [-0.1, -0.05) is 61.2 Å². The summed E-state index contributed by atoms with van der Waals surface area (Å²) in [5.74, 6) is -0.378. The Morgan fingerprint density at radius 3 is 2.24 bits per heavy atom. The molecule has 132 valence electrons. The lowest BCUT2D eigenvalue weighted by molar-refractivity contribution is -0.137. The monoisotopic (exact) mass is 341 g/mol. The molecule has 0 aromatic heterocycles. The number of primary amides is 1. The highest BCUT2D eigenvalue weighted by Crippen LogP contribution is 2.23. The summed E-state index contributed by atoms with van der Waals surface area (Å²) >= 11 is 0. The largest absolute Gasteiger partial charge is 0.462 e. The maximum absolute atomic E-state index is 11.0. The molecule has 0 aliphatic carbocycles. The van der Waals surface area contributed by atoms with Crippen LogP contribution in [0.25, 0.3) is 11.1 Å². The van der Waals surface area contributed by atoms with Crippen LogP contribution in [-0.4, -0.2) is 25.3 Å². The van der Waals surface area contributed by atoms with E-state index in [4.69, 9.17) is 4.74 Å². The minimum atomic E-state index is -0.711. The molecule has 0 saturated heterocycles. The van der Waals surface area contributed by atoms with Crippen molar-refractivity contribution in [2.75, 3.05) is 13.2 Å². The number of esters is 1. The number of amides is 1. The normalized spacial score (nSPS) is 9.32. The zero-order valence-electron chi connectivity index (χ0n) is 14.3. The summed E-state index contributed by atoms with van der Waals surface area (Å²) < 4.78 is 9.21. The maximum atomic E-state index is 11.0. The Balaban J connectivity index is 0.000000450. The van der Waals surface area contributed by atoms with Crippen molar-refractivity contribution in [2.45, 2.75) is 13.3 Å². The molecule has 0 atom stereocenters. The lowest BCUT2D eigenvalue weighted by atomic mass is 9.98. The molecule has 5 nitrogen and oxygen atoms in total. The minimum Gasteiger partial charge on any atom is -0.462 e. The first-order valence-corrected chi connectivity index (χ1v) is 7.93. The molecule has 2 aromatic carbocycles. The van der Waals surface area contributed by atoms with Crippen LogP contribution >= 0.6 is 0 Å². The first kappa shape index (κ1) is 20.0. The molecular formula is C20H23NO4. The topological polar surface area (TPSA) is 78.6 Å². The molecule has 2 N–H and O–H groups in total. The highest BCUT2D eigenvalue weighted by molar-refractivity contribution is 5.81. The predicted molar refractivity (Wildman–Crippen MR) is 97.9 cm³/mol. The number of benzene rings is 2. The lowest BCUT2D eigenvalue weighted by Gasteiger charge is -2.09. The highest BCUT2D eigenvalue weighted by atomic mass is 16.5. The molecule has 1 amide bonds. The van der Waals surface area contributed by atoms with Gasteiger partial charge in [-0.25, -0.2) is 9.59 Å². The molecule has 0 aliphatic rings. The van der Waals surface area contributed by atoms with Crippen LogP contribution in [0.15, 0.2) is 67.3 Å². The van der Waals surface area contributed by atoms with Crippen molar-refractivity contribution < 1.29 is 19.1 Å². The van der Waals surface area contributed by atoms with E-state index in [0.29, 0.717) is 19.6 Å². The van der Waals surface area contributed by atoms with Gasteiger partial charge in [0.05, 0.1) is 13.2 Å². The molecule has 0 heterocycles. The molecule has 25 heavy (non-hydrogen) atoms. The van der Waals surface area contributed by atoms with Gasteiger partial charge >= 0.3 is 12.1 Å². The van der Waals surface area contributed by atoms with Crippen LogP contribution in [0.5, 0.6) is 0 Å². The van der Waals surface area contributed by atoms with Crippen molar-refractivity contribution >= 4 is 12.1 Å². The van der Waals surface area contributed by atoms with E-state index in [1.807, 2.05) is 30.3 Å². The zero-order valence-corrected chi connectivity index (χ0v) is 14.3. The number of hydrogen-bond acceptors (Lipinski definition) is 4. The number of nitrogens with two attached hydrogens (primary N) is 1. The number of carbonyl (C=O) groups is 2. The van der Waals surface area contributed by atoms with Crippen molar-refractivity contribution in [1.82, 2.24) is 0 Å². The molecule has 5 heteroatoms. The molecule has 0 fully saturated rings. The molecule has 0 aliphatic heterocycles. The van der Waals surface area contributed by atoms with Crippen LogP contribution in [0.4, 0.5) is 4.79 Å². The smallest absolute Gasteiger partial charge is 0.404 e. The third kappa shape index (κ3) is 7.83. The summed E-state index contributed by atoms with van der Waals surface area (Å²) in [5.41, 5.74) is 8.07. The maximum Gasteiger partial charge on any atom is 0.404 e. The van der Waals surface area contributed by atoms with Gasteiger partial charge in [0, 0.05) is 12.5 Å². The average molecular weight is 341 g/mol. The number of hydrogen-bond donors (Lipinski definition) is 1. The second-order valence-electron chi connectivity index (χ2n) is 4.90. The van der Waals surface area contributed by atoms with Gasteiger partial charge in [-0.15, -0.1) is 0 Å². The lowest BCUT2D eigenvalue weighted by Crippen LogP contribution is -2.11. The Morgan fingerprint density at radius 1 is 1.04 bits per heavy atom. The van der Waals surface area contributed by atoms with Gasteiger partial charge in [0.25, 0.3) is 0 Å². The molecule has 0 bridgehead atoms. The summed E-state index contributed by atoms with van der Waals surface area (Å²) in [7, 11) is 0. The number of ether oxygens (including phenoxy) is 2. The van der Waals surface area contributed by atoms with Gasteiger partial charge in [-0.3, -0.25) is 0 Å². The van der Waals surface area contributed by atoms with Gasteiger partial charge in [0.15, 0.2) is 0 Å². The second kappa shape index (κ2) is 11.5. The standard InChI is InChI=1S/C17H16O2.C3H7NO2/c1-2-17(18)19-13-12-15-10-6-7-11-16(15)14-8-4-3-5-9-14;1-2-6-3(4)5/h2-11H,1,12-13H2;2H2,1H3,(H2,4,5). The third-order valence-corrected chi connectivity index (χ3v) is 3.17. The van der Waals surface area contributed by atoms with Crippen molar-refractivity contribution in [1.29, 1.82) is 0 Å². The SMILES string of the molecule is C=CC(=O)OCCc1ccccc1-c1ccccc1.CCOC(N)=O. The Morgan fingerprint density at radius 2 is 1.68 bits per heavy atom. The molecule has 0 spiro atoms. The Hall–Kier alpha value is -3.08. The molecule has 0 radical (unpaired) electrons. The van der Waals surface area contributed by atoms with E-state index >= 15 is 0 Å². The van der Waals surface area contributed by atoms with E-state index in [2.05, 4.69) is 41.3 Å². The third-order valence-electron chi connectivity index (χ3n) is 3.17. The molecule has 2 rings (SSSR count). The zero-order chi connectivity index (χ0) is 18.5. The van der Waals surface area contributed by atoms with E-state index in [1.54, 1.807) is 6.92 Å². The first-order valence-electron chi connectivity index (χ1n) is 7.93. The van der Waals surface area contributed by atoms with Crippen LogP contribution in [0.2, 0.25) is 0 Å². The van der Waals surface area contributed by atoms with Crippen molar-refractivity contribution in [2.24, 2.45) is 5.73 Å². The quantitative estimate of drug-likeness (QED) is 0.641. The fourth-order valence-corrected chi connectivity index (χ4v) is 2.10. The Labute approximate surface area is 148 Å². The van der Waals surface area contributed by atoms with Crippen LogP contribution in [0.1, 0.15) is 12.5 Å². The summed E-state index contributed by atoms with van der Waals surface area (Å²) in [6, 6.07) is 18.3. The van der Waals surface area contributed by atoms with E-state index in [-0.39, 0.29) is 5.97 Å². The Bertz CT molecular complexity index is 683. The average Bonchev–Trinajstić information content (AvgIpc) is 2.63. The number of carbonyl (C=O) groups excluding carboxylic acids is 2. The minimum absolute atomic E-state index is 0.356. The fraction of sp³-hybridized carbons (Fsp3) is 0.200. The summed E-state index contributed by atoms with van der Waals surface area (Å²) in [6.07, 6.45) is 1.17. The van der Waals surface area contributed by atoms with E-state index in [9.17, 15) is 9.59 Å². The number of rotatable bonds is 6. The highest BCUT2D eigenvalue weighted by Gasteiger charge is 2.04.